The van der Waals surface area contributed by atoms with Crippen LogP contribution in [-0.2, 0) is 10.0 Å². The van der Waals surface area contributed by atoms with E-state index in [9.17, 15) is 13.2 Å². The average molecular weight is 434 g/mol. The van der Waals surface area contributed by atoms with Crippen LogP contribution < -0.4 is 10.0 Å². The van der Waals surface area contributed by atoms with Crippen LogP contribution in [0.3, 0.4) is 0 Å². The predicted molar refractivity (Wildman–Crippen MR) is 110 cm³/mol. The molecular weight excluding hydrogens is 414 g/mol. The Labute approximate surface area is 174 Å². The Morgan fingerprint density at radius 3 is 2.34 bits per heavy atom. The molecule has 0 aliphatic rings. The van der Waals surface area contributed by atoms with Gasteiger partial charge in [-0.3, -0.25) is 4.79 Å². The average Bonchev–Trinajstić information content (AvgIpc) is 3.08. The highest BCUT2D eigenvalue weighted by Crippen LogP contribution is 2.23. The first kappa shape index (κ1) is 21.0. The second-order valence-electron chi connectivity index (χ2n) is 6.40. The zero-order valence-electron chi connectivity index (χ0n) is 15.9. The molecule has 0 radical (unpaired) electrons. The number of aromatic nitrogens is 1. The van der Waals surface area contributed by atoms with Gasteiger partial charge in [0.25, 0.3) is 5.91 Å². The first-order valence-corrected chi connectivity index (χ1v) is 10.7. The second kappa shape index (κ2) is 8.77. The van der Waals surface area contributed by atoms with Gasteiger partial charge in [-0.2, -0.15) is 0 Å². The van der Waals surface area contributed by atoms with Crippen molar-refractivity contribution in [1.29, 1.82) is 0 Å². The molecule has 0 aliphatic carbocycles. The number of oxazole rings is 1. The SMILES string of the molecule is Cc1ccc(S(=O)(=O)NCCNC(=O)c2nc(-c3ccc(Cl)cc3)oc2C)cc1. The minimum Gasteiger partial charge on any atom is -0.441 e. The van der Waals surface area contributed by atoms with Crippen LogP contribution in [0.25, 0.3) is 11.5 Å². The minimum absolute atomic E-state index is 0.0445. The lowest BCUT2D eigenvalue weighted by Gasteiger charge is -2.08. The molecular formula is C20H20ClN3O4S. The van der Waals surface area contributed by atoms with Crippen LogP contribution in [0, 0.1) is 13.8 Å². The van der Waals surface area contributed by atoms with Gasteiger partial charge in [0.2, 0.25) is 15.9 Å². The molecule has 2 aromatic carbocycles. The molecule has 9 heteroatoms. The number of amides is 1. The van der Waals surface area contributed by atoms with Crippen molar-refractivity contribution in [3.63, 3.8) is 0 Å². The molecule has 2 N–H and O–H groups in total. The maximum absolute atomic E-state index is 12.4. The van der Waals surface area contributed by atoms with Gasteiger partial charge in [0.05, 0.1) is 4.90 Å². The summed E-state index contributed by atoms with van der Waals surface area (Å²) in [6.07, 6.45) is 0. The number of carbonyl (C=O) groups is 1. The largest absolute Gasteiger partial charge is 0.441 e. The lowest BCUT2D eigenvalue weighted by atomic mass is 10.2. The summed E-state index contributed by atoms with van der Waals surface area (Å²) in [5.41, 5.74) is 1.82. The Morgan fingerprint density at radius 2 is 1.69 bits per heavy atom. The third-order valence-electron chi connectivity index (χ3n) is 4.14. The van der Waals surface area contributed by atoms with Crippen LogP contribution in [-0.4, -0.2) is 32.4 Å². The second-order valence-corrected chi connectivity index (χ2v) is 8.60. The number of rotatable bonds is 7. The summed E-state index contributed by atoms with van der Waals surface area (Å²) in [5, 5.41) is 3.22. The predicted octanol–water partition coefficient (Wildman–Crippen LogP) is 3.32. The van der Waals surface area contributed by atoms with Crippen molar-refractivity contribution in [1.82, 2.24) is 15.0 Å². The maximum Gasteiger partial charge on any atom is 0.273 e. The molecule has 152 valence electrons. The van der Waals surface area contributed by atoms with Crippen molar-refractivity contribution in [2.24, 2.45) is 0 Å². The van der Waals surface area contributed by atoms with E-state index < -0.39 is 15.9 Å². The molecule has 0 aliphatic heterocycles. The molecule has 0 atom stereocenters. The summed E-state index contributed by atoms with van der Waals surface area (Å²) in [6.45, 7) is 3.67. The Hall–Kier alpha value is -2.68. The standard InChI is InChI=1S/C20H20ClN3O4S/c1-13-3-9-17(10-4-13)29(26,27)23-12-11-22-19(25)18-14(2)28-20(24-18)15-5-7-16(21)8-6-15/h3-10,23H,11-12H2,1-2H3,(H,22,25). The molecule has 1 amide bonds. The van der Waals surface area contributed by atoms with E-state index in [0.29, 0.717) is 22.2 Å². The molecule has 0 unspecified atom stereocenters. The lowest BCUT2D eigenvalue weighted by Crippen LogP contribution is -2.35. The van der Waals surface area contributed by atoms with Crippen molar-refractivity contribution in [3.8, 4) is 11.5 Å². The van der Waals surface area contributed by atoms with E-state index in [0.717, 1.165) is 5.56 Å². The zero-order valence-corrected chi connectivity index (χ0v) is 17.5. The number of aryl methyl sites for hydroxylation is 2. The van der Waals surface area contributed by atoms with Crippen molar-refractivity contribution < 1.29 is 17.6 Å². The van der Waals surface area contributed by atoms with Gasteiger partial charge in [-0.05, 0) is 50.2 Å². The third kappa shape index (κ3) is 5.23. The van der Waals surface area contributed by atoms with E-state index in [1.165, 1.54) is 12.1 Å². The van der Waals surface area contributed by atoms with E-state index in [2.05, 4.69) is 15.0 Å². The zero-order chi connectivity index (χ0) is 21.0. The van der Waals surface area contributed by atoms with Gasteiger partial charge < -0.3 is 9.73 Å². The molecule has 0 saturated heterocycles. The fourth-order valence-electron chi connectivity index (χ4n) is 2.57. The molecule has 3 rings (SSSR count). The number of halogens is 1. The van der Waals surface area contributed by atoms with Gasteiger partial charge in [0.1, 0.15) is 5.76 Å². The Kier molecular flexibility index (Phi) is 6.36. The molecule has 0 fully saturated rings. The van der Waals surface area contributed by atoms with E-state index in [-0.39, 0.29) is 23.7 Å². The van der Waals surface area contributed by atoms with Crippen molar-refractivity contribution in [2.45, 2.75) is 18.7 Å². The molecule has 29 heavy (non-hydrogen) atoms. The van der Waals surface area contributed by atoms with E-state index in [1.54, 1.807) is 43.3 Å². The van der Waals surface area contributed by atoms with Gasteiger partial charge in [0, 0.05) is 23.7 Å². The highest BCUT2D eigenvalue weighted by atomic mass is 35.5. The smallest absolute Gasteiger partial charge is 0.273 e. The number of hydrogen-bond donors (Lipinski definition) is 2. The van der Waals surface area contributed by atoms with E-state index in [1.807, 2.05) is 6.92 Å². The molecule has 0 spiro atoms. The van der Waals surface area contributed by atoms with E-state index in [4.69, 9.17) is 16.0 Å². The number of carbonyl (C=O) groups excluding carboxylic acids is 1. The van der Waals surface area contributed by atoms with Crippen LogP contribution in [0.4, 0.5) is 0 Å². The number of sulfonamides is 1. The van der Waals surface area contributed by atoms with Gasteiger partial charge >= 0.3 is 0 Å². The van der Waals surface area contributed by atoms with Crippen LogP contribution in [0.1, 0.15) is 21.8 Å². The van der Waals surface area contributed by atoms with Gasteiger partial charge in [0.15, 0.2) is 5.69 Å². The fourth-order valence-corrected chi connectivity index (χ4v) is 3.73. The Morgan fingerprint density at radius 1 is 1.03 bits per heavy atom. The van der Waals surface area contributed by atoms with Crippen molar-refractivity contribution in [3.05, 3.63) is 70.6 Å². The van der Waals surface area contributed by atoms with Gasteiger partial charge in [-0.1, -0.05) is 29.3 Å². The number of nitrogens with zero attached hydrogens (tertiary/aromatic N) is 1. The molecule has 0 saturated carbocycles. The normalized spacial score (nSPS) is 11.4. The first-order chi connectivity index (χ1) is 13.8. The monoisotopic (exact) mass is 433 g/mol. The molecule has 0 bridgehead atoms. The summed E-state index contributed by atoms with van der Waals surface area (Å²) < 4.78 is 32.5. The number of nitrogens with one attached hydrogen (secondary N) is 2. The summed E-state index contributed by atoms with van der Waals surface area (Å²) in [5.74, 6) is 0.234. The molecule has 7 nitrogen and oxygen atoms in total. The molecule has 3 aromatic rings. The van der Waals surface area contributed by atoms with Crippen LogP contribution >= 0.6 is 11.6 Å². The molecule has 1 aromatic heterocycles. The summed E-state index contributed by atoms with van der Waals surface area (Å²) in [4.78, 5) is 16.8. The lowest BCUT2D eigenvalue weighted by molar-refractivity contribution is 0.0948. The van der Waals surface area contributed by atoms with Crippen molar-refractivity contribution in [2.75, 3.05) is 13.1 Å². The summed E-state index contributed by atoms with van der Waals surface area (Å²) >= 11 is 5.87. The topological polar surface area (TPSA) is 101 Å². The highest BCUT2D eigenvalue weighted by Gasteiger charge is 2.18. The van der Waals surface area contributed by atoms with Crippen LogP contribution in [0.2, 0.25) is 5.02 Å². The van der Waals surface area contributed by atoms with Crippen LogP contribution in [0.5, 0.6) is 0 Å². The Balaban J connectivity index is 1.57. The Bertz CT molecular complexity index is 1110. The fraction of sp³-hybridized carbons (Fsp3) is 0.200. The van der Waals surface area contributed by atoms with Gasteiger partial charge in [-0.25, -0.2) is 18.1 Å². The summed E-state index contributed by atoms with van der Waals surface area (Å²) in [7, 11) is -3.63. The third-order valence-corrected chi connectivity index (χ3v) is 5.87. The minimum atomic E-state index is -3.63. The molecule has 1 heterocycles. The van der Waals surface area contributed by atoms with Gasteiger partial charge in [-0.15, -0.1) is 0 Å². The number of benzene rings is 2. The quantitative estimate of drug-likeness (QED) is 0.556. The van der Waals surface area contributed by atoms with Crippen molar-refractivity contribution >= 4 is 27.5 Å². The first-order valence-electron chi connectivity index (χ1n) is 8.84. The number of hydrogen-bond acceptors (Lipinski definition) is 5. The van der Waals surface area contributed by atoms with Crippen LogP contribution in [0.15, 0.2) is 57.8 Å². The summed E-state index contributed by atoms with van der Waals surface area (Å²) in [6, 6.07) is 13.4. The van der Waals surface area contributed by atoms with E-state index >= 15 is 0 Å². The highest BCUT2D eigenvalue weighted by molar-refractivity contribution is 7.89. The maximum atomic E-state index is 12.4.